The van der Waals surface area contributed by atoms with Gasteiger partial charge < -0.3 is 24.4 Å². The summed E-state index contributed by atoms with van der Waals surface area (Å²) in [7, 11) is 1.35. The van der Waals surface area contributed by atoms with Crippen LogP contribution in [0.5, 0.6) is 11.5 Å². The first-order valence-corrected chi connectivity index (χ1v) is 9.60. The number of methoxy groups -OCH3 is 1. The number of piperazine rings is 1. The number of benzene rings is 2. The summed E-state index contributed by atoms with van der Waals surface area (Å²) in [4.78, 5) is 16.0. The largest absolute Gasteiger partial charge is 0.454 e. The van der Waals surface area contributed by atoms with Crippen LogP contribution >= 0.6 is 0 Å². The molecular formula is C21H24FN3O4. The number of para-hydroxylation sites is 1. The highest BCUT2D eigenvalue weighted by Gasteiger charge is 2.28. The zero-order valence-electron chi connectivity index (χ0n) is 16.3. The average Bonchev–Trinajstić information content (AvgIpc) is 3.22. The fraction of sp³-hybridized carbons (Fsp3) is 0.381. The predicted octanol–water partition coefficient (Wildman–Crippen LogP) is 2.77. The molecule has 8 heteroatoms. The molecule has 1 N–H and O–H groups in total. The summed E-state index contributed by atoms with van der Waals surface area (Å²) in [5.74, 6) is 1.22. The quantitative estimate of drug-likeness (QED) is 0.831. The van der Waals surface area contributed by atoms with Gasteiger partial charge >= 0.3 is 6.09 Å². The van der Waals surface area contributed by atoms with E-state index < -0.39 is 6.09 Å². The fourth-order valence-electron chi connectivity index (χ4n) is 3.81. The van der Waals surface area contributed by atoms with Crippen LogP contribution in [-0.2, 0) is 4.74 Å². The van der Waals surface area contributed by atoms with Gasteiger partial charge in [0, 0.05) is 32.7 Å². The first-order valence-electron chi connectivity index (χ1n) is 9.60. The third-order valence-electron chi connectivity index (χ3n) is 5.35. The van der Waals surface area contributed by atoms with Crippen molar-refractivity contribution < 1.29 is 23.4 Å². The van der Waals surface area contributed by atoms with Gasteiger partial charge in [0.1, 0.15) is 5.82 Å². The Hall–Kier alpha value is -3.00. The molecule has 1 fully saturated rings. The van der Waals surface area contributed by atoms with Crippen molar-refractivity contribution in [3.05, 3.63) is 53.8 Å². The van der Waals surface area contributed by atoms with Crippen molar-refractivity contribution in [3.8, 4) is 11.5 Å². The van der Waals surface area contributed by atoms with Gasteiger partial charge in [-0.3, -0.25) is 4.90 Å². The highest BCUT2D eigenvalue weighted by Crippen LogP contribution is 2.35. The maximum Gasteiger partial charge on any atom is 0.406 e. The van der Waals surface area contributed by atoms with Crippen LogP contribution < -0.4 is 19.7 Å². The van der Waals surface area contributed by atoms with Crippen molar-refractivity contribution in [2.45, 2.75) is 6.04 Å². The van der Waals surface area contributed by atoms with E-state index in [1.165, 1.54) is 13.2 Å². The lowest BCUT2D eigenvalue weighted by Gasteiger charge is -2.40. The second-order valence-electron chi connectivity index (χ2n) is 6.98. The summed E-state index contributed by atoms with van der Waals surface area (Å²) in [5.41, 5.74) is 1.64. The fourth-order valence-corrected chi connectivity index (χ4v) is 3.81. The molecule has 2 heterocycles. The zero-order valence-corrected chi connectivity index (χ0v) is 16.3. The third kappa shape index (κ3) is 4.22. The molecular weight excluding hydrogens is 377 g/mol. The molecule has 2 aromatic rings. The van der Waals surface area contributed by atoms with Gasteiger partial charge in [-0.2, -0.15) is 0 Å². The van der Waals surface area contributed by atoms with Gasteiger partial charge in [0.15, 0.2) is 11.5 Å². The van der Waals surface area contributed by atoms with Crippen molar-refractivity contribution in [1.29, 1.82) is 0 Å². The van der Waals surface area contributed by atoms with Crippen LogP contribution in [0.15, 0.2) is 42.5 Å². The predicted molar refractivity (Wildman–Crippen MR) is 106 cm³/mol. The molecule has 0 unspecified atom stereocenters. The zero-order chi connectivity index (χ0) is 20.2. The highest BCUT2D eigenvalue weighted by molar-refractivity contribution is 5.67. The number of fused-ring (bicyclic) bond motifs is 1. The van der Waals surface area contributed by atoms with Gasteiger partial charge in [-0.05, 0) is 29.8 Å². The molecule has 154 valence electrons. The molecule has 1 saturated heterocycles. The summed E-state index contributed by atoms with van der Waals surface area (Å²) in [5, 5.41) is 2.80. The normalized spacial score (nSPS) is 17.1. The summed E-state index contributed by atoms with van der Waals surface area (Å²) in [6, 6.07) is 12.6. The number of hydrogen-bond acceptors (Lipinski definition) is 6. The Morgan fingerprint density at radius 3 is 2.66 bits per heavy atom. The molecule has 1 amide bonds. The highest BCUT2D eigenvalue weighted by atomic mass is 19.1. The first kappa shape index (κ1) is 19.3. The van der Waals surface area contributed by atoms with E-state index in [-0.39, 0.29) is 18.7 Å². The minimum absolute atomic E-state index is 0.0635. The van der Waals surface area contributed by atoms with Crippen molar-refractivity contribution in [3.63, 3.8) is 0 Å². The van der Waals surface area contributed by atoms with Crippen molar-refractivity contribution >= 4 is 11.8 Å². The number of rotatable bonds is 5. The van der Waals surface area contributed by atoms with Crippen LogP contribution in [0, 0.1) is 5.82 Å². The lowest BCUT2D eigenvalue weighted by atomic mass is 10.0. The van der Waals surface area contributed by atoms with E-state index in [1.54, 1.807) is 12.1 Å². The number of carbonyl (C=O) groups excluding carboxylic acids is 1. The van der Waals surface area contributed by atoms with E-state index in [1.807, 2.05) is 24.3 Å². The van der Waals surface area contributed by atoms with Crippen LogP contribution in [0.1, 0.15) is 11.6 Å². The molecule has 4 rings (SSSR count). The number of halogens is 1. The van der Waals surface area contributed by atoms with Crippen LogP contribution in [0.4, 0.5) is 14.9 Å². The number of hydrogen-bond donors (Lipinski definition) is 1. The summed E-state index contributed by atoms with van der Waals surface area (Å²) in [6.45, 7) is 3.46. The van der Waals surface area contributed by atoms with Crippen molar-refractivity contribution in [1.82, 2.24) is 10.2 Å². The molecule has 0 aliphatic carbocycles. The van der Waals surface area contributed by atoms with Crippen LogP contribution in [0.2, 0.25) is 0 Å². The standard InChI is InChI=1S/C21H24FN3O4/c1-27-21(26)23-13-18(15-6-7-19-20(12-15)29-14-28-19)25-10-8-24(9-11-25)17-5-3-2-4-16(17)22/h2-7,12,18H,8-11,13-14H2,1H3,(H,23,26)/t18-/m0/s1. The minimum Gasteiger partial charge on any atom is -0.454 e. The van der Waals surface area contributed by atoms with Crippen molar-refractivity contribution in [2.24, 2.45) is 0 Å². The molecule has 0 spiro atoms. The topological polar surface area (TPSA) is 63.3 Å². The summed E-state index contributed by atoms with van der Waals surface area (Å²) >= 11 is 0. The Bertz CT molecular complexity index is 871. The Morgan fingerprint density at radius 1 is 1.14 bits per heavy atom. The number of amides is 1. The number of anilines is 1. The molecule has 0 radical (unpaired) electrons. The molecule has 0 saturated carbocycles. The Morgan fingerprint density at radius 2 is 1.90 bits per heavy atom. The molecule has 7 nitrogen and oxygen atoms in total. The number of nitrogens with one attached hydrogen (secondary N) is 1. The smallest absolute Gasteiger partial charge is 0.406 e. The van der Waals surface area contributed by atoms with E-state index in [4.69, 9.17) is 14.2 Å². The monoisotopic (exact) mass is 401 g/mol. The molecule has 0 bridgehead atoms. The number of nitrogens with zero attached hydrogens (tertiary/aromatic N) is 2. The second kappa shape index (κ2) is 8.57. The number of alkyl carbamates (subject to hydrolysis) is 1. The number of carbonyl (C=O) groups is 1. The lowest BCUT2D eigenvalue weighted by Crippen LogP contribution is -2.50. The van der Waals surface area contributed by atoms with Crippen LogP contribution in [0.25, 0.3) is 0 Å². The molecule has 0 aromatic heterocycles. The van der Waals surface area contributed by atoms with Gasteiger partial charge in [0.2, 0.25) is 6.79 Å². The van der Waals surface area contributed by atoms with Gasteiger partial charge in [-0.15, -0.1) is 0 Å². The SMILES string of the molecule is COC(=O)NC[C@@H](c1ccc2c(c1)OCO2)N1CCN(c2ccccc2F)CC1. The second-order valence-corrected chi connectivity index (χ2v) is 6.98. The Kier molecular flexibility index (Phi) is 5.71. The molecule has 2 aliphatic heterocycles. The van der Waals surface area contributed by atoms with Crippen LogP contribution in [-0.4, -0.2) is 57.6 Å². The van der Waals surface area contributed by atoms with Gasteiger partial charge in [0.05, 0.1) is 18.8 Å². The molecule has 29 heavy (non-hydrogen) atoms. The van der Waals surface area contributed by atoms with Gasteiger partial charge in [-0.25, -0.2) is 9.18 Å². The van der Waals surface area contributed by atoms with E-state index >= 15 is 0 Å². The minimum atomic E-state index is -0.472. The third-order valence-corrected chi connectivity index (χ3v) is 5.35. The van der Waals surface area contributed by atoms with E-state index in [0.717, 1.165) is 24.4 Å². The molecule has 1 atom stereocenters. The van der Waals surface area contributed by atoms with Gasteiger partial charge in [-0.1, -0.05) is 18.2 Å². The first-order chi connectivity index (χ1) is 14.2. The van der Waals surface area contributed by atoms with Gasteiger partial charge in [0.25, 0.3) is 0 Å². The van der Waals surface area contributed by atoms with Crippen LogP contribution in [0.3, 0.4) is 0 Å². The summed E-state index contributed by atoms with van der Waals surface area (Å²) < 4.78 is 29.8. The number of ether oxygens (including phenoxy) is 3. The van der Waals surface area contributed by atoms with E-state index in [2.05, 4.69) is 15.1 Å². The average molecular weight is 401 g/mol. The molecule has 2 aromatic carbocycles. The maximum atomic E-state index is 14.1. The Labute approximate surface area is 168 Å². The Balaban J connectivity index is 1.49. The van der Waals surface area contributed by atoms with E-state index in [9.17, 15) is 9.18 Å². The maximum absolute atomic E-state index is 14.1. The van der Waals surface area contributed by atoms with E-state index in [0.29, 0.717) is 31.1 Å². The lowest BCUT2D eigenvalue weighted by molar-refractivity contribution is 0.154. The van der Waals surface area contributed by atoms with Crippen molar-refractivity contribution in [2.75, 3.05) is 51.5 Å². The molecule has 2 aliphatic rings. The summed E-state index contributed by atoms with van der Waals surface area (Å²) in [6.07, 6.45) is -0.472.